The van der Waals surface area contributed by atoms with Gasteiger partial charge in [0.2, 0.25) is 5.24 Å². The molecule has 0 aromatic carbocycles. The van der Waals surface area contributed by atoms with E-state index in [1.54, 1.807) is 0 Å². The molecule has 0 bridgehead atoms. The zero-order valence-corrected chi connectivity index (χ0v) is 16.9. The number of carbonyl (C=O) groups excluding carboxylic acids is 4. The van der Waals surface area contributed by atoms with Crippen molar-refractivity contribution in [1.82, 2.24) is 0 Å². The van der Waals surface area contributed by atoms with Gasteiger partial charge in [-0.2, -0.15) is 0 Å². The Morgan fingerprint density at radius 1 is 0.889 bits per heavy atom. The van der Waals surface area contributed by atoms with E-state index in [4.69, 9.17) is 16.3 Å². The summed E-state index contributed by atoms with van der Waals surface area (Å²) >= 11 is 5.43. The lowest BCUT2D eigenvalue weighted by atomic mass is 9.98. The molecule has 2 unspecified atom stereocenters. The first-order valence-electron chi connectivity index (χ1n) is 9.40. The molecule has 8 heteroatoms. The van der Waals surface area contributed by atoms with Crippen LogP contribution in [0.1, 0.15) is 65.2 Å². The number of rotatable bonds is 18. The van der Waals surface area contributed by atoms with Crippen molar-refractivity contribution in [2.75, 3.05) is 13.2 Å². The summed E-state index contributed by atoms with van der Waals surface area (Å²) in [6, 6.07) is 0. The smallest absolute Gasteiger partial charge is 0.306 e. The molecule has 7 nitrogen and oxygen atoms in total. The average Bonchev–Trinajstić information content (AvgIpc) is 2.62. The van der Waals surface area contributed by atoms with E-state index in [2.05, 4.69) is 9.47 Å². The van der Waals surface area contributed by atoms with Crippen molar-refractivity contribution in [3.8, 4) is 0 Å². The average molecular weight is 407 g/mol. The Kier molecular flexibility index (Phi) is 15.5. The van der Waals surface area contributed by atoms with Crippen molar-refractivity contribution in [3.05, 3.63) is 0 Å². The second kappa shape index (κ2) is 16.5. The molecule has 0 aromatic rings. The van der Waals surface area contributed by atoms with E-state index in [1.807, 2.05) is 13.8 Å². The number of halogens is 1. The number of ether oxygens (including phenoxy) is 3. The predicted octanol–water partition coefficient (Wildman–Crippen LogP) is 3.40. The topological polar surface area (TPSA) is 96.0 Å². The monoisotopic (exact) mass is 406 g/mol. The molecular weight excluding hydrogens is 376 g/mol. The molecule has 27 heavy (non-hydrogen) atoms. The first kappa shape index (κ1) is 25.4. The summed E-state index contributed by atoms with van der Waals surface area (Å²) in [5.41, 5.74) is 0. The van der Waals surface area contributed by atoms with Gasteiger partial charge in [0.25, 0.3) is 12.9 Å². The minimum atomic E-state index is -0.789. The fourth-order valence-electron chi connectivity index (χ4n) is 2.62. The molecule has 2 atom stereocenters. The fourth-order valence-corrected chi connectivity index (χ4v) is 2.73. The third-order valence-electron chi connectivity index (χ3n) is 4.24. The largest absolute Gasteiger partial charge is 0.464 e. The molecular formula is C19H31ClO7. The van der Waals surface area contributed by atoms with E-state index < -0.39 is 12.1 Å². The maximum Gasteiger partial charge on any atom is 0.306 e. The standard InChI is InChI=1S/C19H31ClO7/c1-15(8-6-4-3-5-7-9-16(2)19(20)24)10-18(23)27-17(11-25-13-21)12-26-14-22/h13-17H,3-12H2,1-2H3. The highest BCUT2D eigenvalue weighted by molar-refractivity contribution is 6.63. The zero-order valence-electron chi connectivity index (χ0n) is 16.2. The summed E-state index contributed by atoms with van der Waals surface area (Å²) in [4.78, 5) is 43.3. The van der Waals surface area contributed by atoms with Crippen LogP contribution in [0.2, 0.25) is 0 Å². The van der Waals surface area contributed by atoms with Crippen LogP contribution in [0.25, 0.3) is 0 Å². The molecule has 0 fully saturated rings. The molecule has 0 rings (SSSR count). The number of hydrogen-bond acceptors (Lipinski definition) is 7. The van der Waals surface area contributed by atoms with Gasteiger partial charge in [0, 0.05) is 12.3 Å². The van der Waals surface area contributed by atoms with Gasteiger partial charge in [0.1, 0.15) is 13.2 Å². The summed E-state index contributed by atoms with van der Waals surface area (Å²) in [6.45, 7) is 4.03. The summed E-state index contributed by atoms with van der Waals surface area (Å²) in [6.07, 6.45) is 6.45. The van der Waals surface area contributed by atoms with Crippen molar-refractivity contribution in [3.63, 3.8) is 0 Å². The lowest BCUT2D eigenvalue weighted by Crippen LogP contribution is -2.29. The normalized spacial score (nSPS) is 12.9. The molecule has 0 saturated heterocycles. The first-order chi connectivity index (χ1) is 12.9. The second-order valence-corrected chi connectivity index (χ2v) is 7.20. The Labute approximate surface area is 166 Å². The molecule has 0 saturated carbocycles. The van der Waals surface area contributed by atoms with Gasteiger partial charge < -0.3 is 14.2 Å². The van der Waals surface area contributed by atoms with Gasteiger partial charge in [0.05, 0.1) is 0 Å². The van der Waals surface area contributed by atoms with Crippen LogP contribution in [0.3, 0.4) is 0 Å². The van der Waals surface area contributed by atoms with Gasteiger partial charge in [-0.3, -0.25) is 19.2 Å². The number of carbonyl (C=O) groups is 4. The molecule has 0 heterocycles. The maximum atomic E-state index is 11.9. The van der Waals surface area contributed by atoms with E-state index in [1.165, 1.54) is 0 Å². The van der Waals surface area contributed by atoms with Gasteiger partial charge in [0.15, 0.2) is 6.10 Å². The molecule has 156 valence electrons. The lowest BCUT2D eigenvalue weighted by Gasteiger charge is -2.17. The van der Waals surface area contributed by atoms with Crippen molar-refractivity contribution in [2.24, 2.45) is 11.8 Å². The van der Waals surface area contributed by atoms with E-state index >= 15 is 0 Å². The first-order valence-corrected chi connectivity index (χ1v) is 9.77. The highest BCUT2D eigenvalue weighted by Gasteiger charge is 2.18. The number of esters is 1. The van der Waals surface area contributed by atoms with Crippen molar-refractivity contribution < 1.29 is 33.4 Å². The second-order valence-electron chi connectivity index (χ2n) is 6.83. The Balaban J connectivity index is 3.84. The SMILES string of the molecule is CC(CCCCCCCC(C)C(=O)Cl)CC(=O)OC(COC=O)COC=O. The molecule has 0 spiro atoms. The Hall–Kier alpha value is -1.63. The molecule has 0 aromatic heterocycles. The van der Waals surface area contributed by atoms with Crippen LogP contribution >= 0.6 is 11.6 Å². The van der Waals surface area contributed by atoms with Crippen LogP contribution in [0.4, 0.5) is 0 Å². The Bertz CT molecular complexity index is 430. The van der Waals surface area contributed by atoms with Crippen LogP contribution in [0.5, 0.6) is 0 Å². The highest BCUT2D eigenvalue weighted by Crippen LogP contribution is 2.17. The van der Waals surface area contributed by atoms with Crippen LogP contribution in [-0.2, 0) is 33.4 Å². The molecule has 0 aliphatic carbocycles. The summed E-state index contributed by atoms with van der Waals surface area (Å²) in [7, 11) is 0. The van der Waals surface area contributed by atoms with Crippen molar-refractivity contribution >= 4 is 35.8 Å². The van der Waals surface area contributed by atoms with Gasteiger partial charge in [-0.25, -0.2) is 0 Å². The minimum Gasteiger partial charge on any atom is -0.464 e. The number of hydrogen-bond donors (Lipinski definition) is 0. The van der Waals surface area contributed by atoms with Gasteiger partial charge in [-0.1, -0.05) is 52.4 Å². The van der Waals surface area contributed by atoms with Crippen LogP contribution in [0.15, 0.2) is 0 Å². The molecule has 0 aliphatic heterocycles. The summed E-state index contributed by atoms with van der Waals surface area (Å²) in [5.74, 6) is -0.308. The highest BCUT2D eigenvalue weighted by atomic mass is 35.5. The fraction of sp³-hybridized carbons (Fsp3) is 0.789. The zero-order chi connectivity index (χ0) is 20.5. The van der Waals surface area contributed by atoms with Gasteiger partial charge in [-0.05, 0) is 23.9 Å². The quantitative estimate of drug-likeness (QED) is 0.113. The van der Waals surface area contributed by atoms with E-state index in [-0.39, 0.29) is 49.7 Å². The van der Waals surface area contributed by atoms with E-state index in [0.29, 0.717) is 0 Å². The lowest BCUT2D eigenvalue weighted by molar-refractivity contribution is -0.161. The third-order valence-corrected chi connectivity index (χ3v) is 4.61. The summed E-state index contributed by atoms with van der Waals surface area (Å²) in [5, 5.41) is -0.270. The maximum absolute atomic E-state index is 11.9. The van der Waals surface area contributed by atoms with Crippen LogP contribution in [0, 0.1) is 11.8 Å². The molecule has 0 N–H and O–H groups in total. The van der Waals surface area contributed by atoms with Crippen molar-refractivity contribution in [2.45, 2.75) is 71.3 Å². The van der Waals surface area contributed by atoms with E-state index in [9.17, 15) is 19.2 Å². The number of unbranched alkanes of at least 4 members (excludes halogenated alkanes) is 4. The predicted molar refractivity (Wildman–Crippen MR) is 100 cm³/mol. The summed E-state index contributed by atoms with van der Waals surface area (Å²) < 4.78 is 14.3. The minimum absolute atomic E-state index is 0.0737. The Morgan fingerprint density at radius 3 is 1.93 bits per heavy atom. The van der Waals surface area contributed by atoms with Crippen molar-refractivity contribution in [1.29, 1.82) is 0 Å². The molecule has 0 radical (unpaired) electrons. The Morgan fingerprint density at radius 2 is 1.41 bits per heavy atom. The van der Waals surface area contributed by atoms with Gasteiger partial charge in [-0.15, -0.1) is 0 Å². The van der Waals surface area contributed by atoms with Crippen LogP contribution in [-0.4, -0.2) is 43.5 Å². The van der Waals surface area contributed by atoms with Crippen LogP contribution < -0.4 is 0 Å². The van der Waals surface area contributed by atoms with E-state index in [0.717, 1.165) is 44.9 Å². The third kappa shape index (κ3) is 15.2. The molecule has 0 amide bonds. The molecule has 0 aliphatic rings. The van der Waals surface area contributed by atoms with Gasteiger partial charge >= 0.3 is 5.97 Å².